The first-order valence-corrected chi connectivity index (χ1v) is 7.38. The van der Waals surface area contributed by atoms with E-state index in [1.807, 2.05) is 0 Å². The molecule has 2 heteroatoms. The fraction of sp³-hybridized carbons (Fsp3) is 0.625. The van der Waals surface area contributed by atoms with Crippen LogP contribution in [0.4, 0.5) is 5.69 Å². The van der Waals surface area contributed by atoms with Crippen molar-refractivity contribution in [2.24, 2.45) is 0 Å². The molecule has 1 aliphatic carbocycles. The summed E-state index contributed by atoms with van der Waals surface area (Å²) in [7, 11) is 0. The van der Waals surface area contributed by atoms with Crippen molar-refractivity contribution in [1.82, 2.24) is 0 Å². The highest BCUT2D eigenvalue weighted by Crippen LogP contribution is 2.23. The summed E-state index contributed by atoms with van der Waals surface area (Å²) in [6.07, 6.45) is 9.08. The maximum absolute atomic E-state index is 5.66. The van der Waals surface area contributed by atoms with Gasteiger partial charge >= 0.3 is 0 Å². The van der Waals surface area contributed by atoms with Crippen LogP contribution in [0.1, 0.15) is 51.9 Å². The fourth-order valence-electron chi connectivity index (χ4n) is 2.46. The van der Waals surface area contributed by atoms with Crippen LogP contribution in [-0.4, -0.2) is 12.6 Å². The molecule has 18 heavy (non-hydrogen) atoms. The molecule has 1 aromatic carbocycles. The molecule has 1 fully saturated rings. The van der Waals surface area contributed by atoms with Gasteiger partial charge in [0.1, 0.15) is 5.75 Å². The highest BCUT2D eigenvalue weighted by Gasteiger charge is 2.12. The Morgan fingerprint density at radius 2 is 1.83 bits per heavy atom. The Morgan fingerprint density at radius 1 is 1.11 bits per heavy atom. The van der Waals surface area contributed by atoms with Crippen molar-refractivity contribution in [2.45, 2.75) is 57.9 Å². The smallest absolute Gasteiger partial charge is 0.119 e. The van der Waals surface area contributed by atoms with E-state index < -0.39 is 0 Å². The first kappa shape index (κ1) is 13.3. The Kier molecular flexibility index (Phi) is 5.37. The van der Waals surface area contributed by atoms with Gasteiger partial charge in [-0.3, -0.25) is 0 Å². The maximum atomic E-state index is 5.66. The van der Waals surface area contributed by atoms with E-state index >= 15 is 0 Å². The minimum Gasteiger partial charge on any atom is -0.494 e. The second-order valence-electron chi connectivity index (χ2n) is 5.21. The van der Waals surface area contributed by atoms with Crippen molar-refractivity contribution in [2.75, 3.05) is 11.9 Å². The molecule has 0 radical (unpaired) electrons. The third kappa shape index (κ3) is 4.25. The summed E-state index contributed by atoms with van der Waals surface area (Å²) >= 11 is 0. The number of benzene rings is 1. The Bertz CT molecular complexity index is 327. The van der Waals surface area contributed by atoms with Gasteiger partial charge < -0.3 is 10.1 Å². The lowest BCUT2D eigenvalue weighted by molar-refractivity contribution is 0.309. The van der Waals surface area contributed by atoms with Crippen LogP contribution in [0.5, 0.6) is 5.75 Å². The van der Waals surface area contributed by atoms with Crippen LogP contribution in [0, 0.1) is 0 Å². The van der Waals surface area contributed by atoms with Gasteiger partial charge in [0.2, 0.25) is 0 Å². The lowest BCUT2D eigenvalue weighted by Crippen LogP contribution is -2.22. The number of unbranched alkanes of at least 4 members (excludes halogenated alkanes) is 1. The van der Waals surface area contributed by atoms with Gasteiger partial charge in [0, 0.05) is 11.7 Å². The molecule has 2 rings (SSSR count). The minimum atomic E-state index is 0.672. The number of ether oxygens (including phenoxy) is 1. The van der Waals surface area contributed by atoms with Crippen LogP contribution in [0.3, 0.4) is 0 Å². The summed E-state index contributed by atoms with van der Waals surface area (Å²) in [5, 5.41) is 3.62. The molecule has 100 valence electrons. The third-order valence-electron chi connectivity index (χ3n) is 3.60. The SMILES string of the molecule is CCCCOc1ccc(NC2CCCCC2)cc1. The second-order valence-corrected chi connectivity index (χ2v) is 5.21. The zero-order chi connectivity index (χ0) is 12.6. The van der Waals surface area contributed by atoms with Gasteiger partial charge in [0.05, 0.1) is 6.61 Å². The predicted octanol–water partition coefficient (Wildman–Crippen LogP) is 4.61. The van der Waals surface area contributed by atoms with Crippen LogP contribution in [0.25, 0.3) is 0 Å². The molecule has 0 spiro atoms. The van der Waals surface area contributed by atoms with Gasteiger partial charge in [0.15, 0.2) is 0 Å². The molecule has 0 amide bonds. The Balaban J connectivity index is 1.79. The average Bonchev–Trinajstić information content (AvgIpc) is 2.42. The molecule has 1 saturated carbocycles. The zero-order valence-electron chi connectivity index (χ0n) is 11.5. The molecular weight excluding hydrogens is 222 g/mol. The standard InChI is InChI=1S/C16H25NO/c1-2-3-13-18-16-11-9-15(10-12-16)17-14-7-5-4-6-8-14/h9-12,14,17H,2-8,13H2,1H3. The Morgan fingerprint density at radius 3 is 2.50 bits per heavy atom. The first-order chi connectivity index (χ1) is 8.88. The van der Waals surface area contributed by atoms with Gasteiger partial charge in [-0.2, -0.15) is 0 Å². The van der Waals surface area contributed by atoms with Crippen molar-refractivity contribution in [1.29, 1.82) is 0 Å². The Labute approximate surface area is 111 Å². The van der Waals surface area contributed by atoms with Gasteiger partial charge in [-0.05, 0) is 43.5 Å². The van der Waals surface area contributed by atoms with Crippen LogP contribution < -0.4 is 10.1 Å². The van der Waals surface area contributed by atoms with Crippen molar-refractivity contribution in [3.8, 4) is 5.75 Å². The molecule has 0 aliphatic heterocycles. The maximum Gasteiger partial charge on any atom is 0.119 e. The quantitative estimate of drug-likeness (QED) is 0.741. The van der Waals surface area contributed by atoms with Gasteiger partial charge in [-0.15, -0.1) is 0 Å². The monoisotopic (exact) mass is 247 g/mol. The van der Waals surface area contributed by atoms with Crippen molar-refractivity contribution in [3.63, 3.8) is 0 Å². The molecule has 0 heterocycles. The first-order valence-electron chi connectivity index (χ1n) is 7.38. The molecule has 0 atom stereocenters. The lowest BCUT2D eigenvalue weighted by Gasteiger charge is -2.23. The molecule has 0 bridgehead atoms. The fourth-order valence-corrected chi connectivity index (χ4v) is 2.46. The van der Waals surface area contributed by atoms with E-state index in [1.54, 1.807) is 0 Å². The van der Waals surface area contributed by atoms with Crippen LogP contribution in [-0.2, 0) is 0 Å². The summed E-state index contributed by atoms with van der Waals surface area (Å²) in [6, 6.07) is 9.08. The molecule has 1 aromatic rings. The summed E-state index contributed by atoms with van der Waals surface area (Å²) in [6.45, 7) is 3.01. The summed E-state index contributed by atoms with van der Waals surface area (Å²) in [4.78, 5) is 0. The van der Waals surface area contributed by atoms with Crippen LogP contribution >= 0.6 is 0 Å². The summed E-state index contributed by atoms with van der Waals surface area (Å²) in [5.74, 6) is 0.984. The topological polar surface area (TPSA) is 21.3 Å². The zero-order valence-corrected chi connectivity index (χ0v) is 11.5. The third-order valence-corrected chi connectivity index (χ3v) is 3.60. The molecule has 1 N–H and O–H groups in total. The van der Waals surface area contributed by atoms with Crippen molar-refractivity contribution in [3.05, 3.63) is 24.3 Å². The number of anilines is 1. The molecule has 0 unspecified atom stereocenters. The number of rotatable bonds is 6. The number of nitrogens with one attached hydrogen (secondary N) is 1. The van der Waals surface area contributed by atoms with Gasteiger partial charge in [-0.25, -0.2) is 0 Å². The van der Waals surface area contributed by atoms with E-state index in [-0.39, 0.29) is 0 Å². The molecular formula is C16H25NO. The highest BCUT2D eigenvalue weighted by atomic mass is 16.5. The van der Waals surface area contributed by atoms with E-state index in [1.165, 1.54) is 44.2 Å². The lowest BCUT2D eigenvalue weighted by atomic mass is 9.95. The van der Waals surface area contributed by atoms with Crippen LogP contribution in [0.15, 0.2) is 24.3 Å². The highest BCUT2D eigenvalue weighted by molar-refractivity contribution is 5.47. The summed E-state index contributed by atoms with van der Waals surface area (Å²) < 4.78 is 5.66. The number of hydrogen-bond acceptors (Lipinski definition) is 2. The van der Waals surface area contributed by atoms with E-state index in [0.29, 0.717) is 6.04 Å². The predicted molar refractivity (Wildman–Crippen MR) is 77.3 cm³/mol. The normalized spacial score (nSPS) is 16.5. The second kappa shape index (κ2) is 7.30. The van der Waals surface area contributed by atoms with E-state index in [9.17, 15) is 0 Å². The van der Waals surface area contributed by atoms with Gasteiger partial charge in [-0.1, -0.05) is 32.6 Å². The van der Waals surface area contributed by atoms with Crippen molar-refractivity contribution < 1.29 is 4.74 Å². The van der Waals surface area contributed by atoms with Crippen LogP contribution in [0.2, 0.25) is 0 Å². The number of hydrogen-bond donors (Lipinski definition) is 1. The van der Waals surface area contributed by atoms with Gasteiger partial charge in [0.25, 0.3) is 0 Å². The molecule has 0 saturated heterocycles. The molecule has 2 nitrogen and oxygen atoms in total. The van der Waals surface area contributed by atoms with E-state index in [4.69, 9.17) is 4.74 Å². The Hall–Kier alpha value is -1.18. The van der Waals surface area contributed by atoms with E-state index in [2.05, 4.69) is 36.5 Å². The van der Waals surface area contributed by atoms with E-state index in [0.717, 1.165) is 18.8 Å². The molecule has 0 aromatic heterocycles. The molecule has 1 aliphatic rings. The summed E-state index contributed by atoms with van der Waals surface area (Å²) in [5.41, 5.74) is 1.23. The largest absolute Gasteiger partial charge is 0.494 e. The van der Waals surface area contributed by atoms with Crippen molar-refractivity contribution >= 4 is 5.69 Å². The minimum absolute atomic E-state index is 0.672. The average molecular weight is 247 g/mol.